The van der Waals surface area contributed by atoms with Crippen molar-refractivity contribution in [2.45, 2.75) is 25.3 Å². The molecule has 1 N–H and O–H groups in total. The number of carbonyl (C=O) groups is 1. The Labute approximate surface area is 155 Å². The predicted octanol–water partition coefficient (Wildman–Crippen LogP) is 3.22. The second-order valence-corrected chi connectivity index (χ2v) is 9.15. The molecule has 0 unspecified atom stereocenters. The van der Waals surface area contributed by atoms with Crippen LogP contribution < -0.4 is 5.32 Å². The van der Waals surface area contributed by atoms with Gasteiger partial charge in [-0.2, -0.15) is 4.31 Å². The third kappa shape index (κ3) is 4.38. The summed E-state index contributed by atoms with van der Waals surface area (Å²) < 4.78 is 25.1. The second-order valence-electron chi connectivity index (χ2n) is 5.92. The molecule has 2 aromatic rings. The number of nitrogens with zero attached hydrogens (tertiary/aromatic N) is 2. The van der Waals surface area contributed by atoms with E-state index < -0.39 is 16.1 Å². The van der Waals surface area contributed by atoms with Crippen LogP contribution in [0.2, 0.25) is 5.02 Å². The highest BCUT2D eigenvalue weighted by atomic mass is 35.5. The highest BCUT2D eigenvalue weighted by Gasteiger charge is 2.34. The van der Waals surface area contributed by atoms with Crippen LogP contribution in [-0.2, 0) is 14.8 Å². The number of benzene rings is 1. The van der Waals surface area contributed by atoms with Crippen molar-refractivity contribution in [1.82, 2.24) is 9.29 Å². The number of nitrogens with one attached hydrogen (secondary N) is 1. The Balaban J connectivity index is 1.75. The third-order valence-electron chi connectivity index (χ3n) is 4.04. The molecule has 0 aliphatic carbocycles. The molecule has 9 heteroatoms. The molecule has 0 radical (unpaired) electrons. The van der Waals surface area contributed by atoms with Crippen LogP contribution in [0.1, 0.15) is 19.3 Å². The van der Waals surface area contributed by atoms with E-state index >= 15 is 0 Å². The van der Waals surface area contributed by atoms with Crippen molar-refractivity contribution in [3.8, 4) is 11.3 Å². The number of amides is 1. The molecule has 1 atom stereocenters. The number of hydrogen-bond acceptors (Lipinski definition) is 5. The monoisotopic (exact) mass is 399 g/mol. The summed E-state index contributed by atoms with van der Waals surface area (Å²) in [6, 6.07) is 6.63. The predicted molar refractivity (Wildman–Crippen MR) is 100 cm³/mol. The highest BCUT2D eigenvalue weighted by Crippen LogP contribution is 2.28. The number of anilines is 1. The van der Waals surface area contributed by atoms with Crippen LogP contribution >= 0.6 is 22.9 Å². The molecule has 6 nitrogen and oxygen atoms in total. The number of rotatable bonds is 4. The summed E-state index contributed by atoms with van der Waals surface area (Å²) in [6.45, 7) is 0.378. The first-order valence-corrected chi connectivity index (χ1v) is 10.9. The Bertz CT molecular complexity index is 882. The van der Waals surface area contributed by atoms with Crippen molar-refractivity contribution in [3.63, 3.8) is 0 Å². The lowest BCUT2D eigenvalue weighted by atomic mass is 10.0. The van der Waals surface area contributed by atoms with E-state index in [4.69, 9.17) is 11.6 Å². The molecule has 0 bridgehead atoms. The standard InChI is InChI=1S/C16H18ClN3O3S2/c1-25(22,23)20-8-3-2-7-14(20)15(21)19-16-18-13(10-24-16)11-5-4-6-12(17)9-11/h4-6,9-10,14H,2-3,7-8H2,1H3,(H,18,19,21)/t14-/m1/s1. The molecule has 1 aliphatic rings. The largest absolute Gasteiger partial charge is 0.301 e. The van der Waals surface area contributed by atoms with E-state index in [1.54, 1.807) is 12.1 Å². The van der Waals surface area contributed by atoms with Gasteiger partial charge in [-0.1, -0.05) is 30.2 Å². The average molecular weight is 400 g/mol. The van der Waals surface area contributed by atoms with E-state index in [0.29, 0.717) is 28.8 Å². The van der Waals surface area contributed by atoms with Gasteiger partial charge in [-0.05, 0) is 25.0 Å². The van der Waals surface area contributed by atoms with E-state index in [-0.39, 0.29) is 5.91 Å². The van der Waals surface area contributed by atoms with Crippen molar-refractivity contribution in [1.29, 1.82) is 0 Å². The van der Waals surface area contributed by atoms with Gasteiger partial charge in [0.25, 0.3) is 0 Å². The zero-order chi connectivity index (χ0) is 18.0. The smallest absolute Gasteiger partial charge is 0.244 e. The quantitative estimate of drug-likeness (QED) is 0.856. The molecular formula is C16H18ClN3O3S2. The van der Waals surface area contributed by atoms with E-state index in [1.807, 2.05) is 17.5 Å². The molecule has 3 rings (SSSR count). The molecule has 25 heavy (non-hydrogen) atoms. The molecule has 1 amide bonds. The number of sulfonamides is 1. The van der Waals surface area contributed by atoms with Gasteiger partial charge in [-0.3, -0.25) is 4.79 Å². The molecule has 134 valence electrons. The molecule has 1 aromatic heterocycles. The van der Waals surface area contributed by atoms with Crippen LogP contribution in [0.15, 0.2) is 29.6 Å². The second kappa shape index (κ2) is 7.41. The third-order valence-corrected chi connectivity index (χ3v) is 6.32. The fourth-order valence-corrected chi connectivity index (χ4v) is 4.90. The maximum Gasteiger partial charge on any atom is 0.244 e. The molecule has 1 fully saturated rings. The minimum Gasteiger partial charge on any atom is -0.301 e. The van der Waals surface area contributed by atoms with Crippen molar-refractivity contribution in [3.05, 3.63) is 34.7 Å². The SMILES string of the molecule is CS(=O)(=O)N1CCCC[C@@H]1C(=O)Nc1nc(-c2cccc(Cl)c2)cs1. The van der Waals surface area contributed by atoms with Crippen LogP contribution in [-0.4, -0.2) is 42.5 Å². The number of hydrogen-bond donors (Lipinski definition) is 1. The normalized spacial score (nSPS) is 18.9. The average Bonchev–Trinajstić information content (AvgIpc) is 3.02. The van der Waals surface area contributed by atoms with Gasteiger partial charge >= 0.3 is 0 Å². The van der Waals surface area contributed by atoms with Crippen LogP contribution in [0.5, 0.6) is 0 Å². The van der Waals surface area contributed by atoms with Crippen LogP contribution in [0.3, 0.4) is 0 Å². The first-order valence-electron chi connectivity index (χ1n) is 7.84. The van der Waals surface area contributed by atoms with Gasteiger partial charge < -0.3 is 5.32 Å². The van der Waals surface area contributed by atoms with Crippen molar-refractivity contribution >= 4 is 44.0 Å². The number of thiazole rings is 1. The van der Waals surface area contributed by atoms with Crippen LogP contribution in [0.25, 0.3) is 11.3 Å². The van der Waals surface area contributed by atoms with Gasteiger partial charge in [0, 0.05) is 22.5 Å². The van der Waals surface area contributed by atoms with Gasteiger partial charge in [0.1, 0.15) is 6.04 Å². The summed E-state index contributed by atoms with van der Waals surface area (Å²) in [4.78, 5) is 17.0. The summed E-state index contributed by atoms with van der Waals surface area (Å²) in [5.74, 6) is -0.336. The first kappa shape index (κ1) is 18.3. The number of aromatic nitrogens is 1. The summed E-state index contributed by atoms with van der Waals surface area (Å²) in [7, 11) is -3.41. The molecule has 0 spiro atoms. The lowest BCUT2D eigenvalue weighted by molar-refractivity contribution is -0.120. The fraction of sp³-hybridized carbons (Fsp3) is 0.375. The molecule has 1 aliphatic heterocycles. The fourth-order valence-electron chi connectivity index (χ4n) is 2.86. The lowest BCUT2D eigenvalue weighted by Crippen LogP contribution is -2.49. The molecule has 0 saturated carbocycles. The molecule has 1 saturated heterocycles. The number of halogens is 1. The first-order chi connectivity index (χ1) is 11.8. The summed E-state index contributed by atoms with van der Waals surface area (Å²) in [6.07, 6.45) is 3.26. The Hall–Kier alpha value is -1.48. The Morgan fingerprint density at radius 1 is 1.40 bits per heavy atom. The Morgan fingerprint density at radius 2 is 2.20 bits per heavy atom. The van der Waals surface area contributed by atoms with E-state index in [9.17, 15) is 13.2 Å². The van der Waals surface area contributed by atoms with E-state index in [1.165, 1.54) is 15.6 Å². The van der Waals surface area contributed by atoms with Gasteiger partial charge in [0.05, 0.1) is 11.9 Å². The summed E-state index contributed by atoms with van der Waals surface area (Å²) in [5.41, 5.74) is 1.58. The van der Waals surface area contributed by atoms with Crippen molar-refractivity contribution < 1.29 is 13.2 Å². The van der Waals surface area contributed by atoms with Crippen LogP contribution in [0.4, 0.5) is 5.13 Å². The minimum atomic E-state index is -3.41. The Kier molecular flexibility index (Phi) is 5.43. The van der Waals surface area contributed by atoms with Gasteiger partial charge in [0.2, 0.25) is 15.9 Å². The number of carbonyl (C=O) groups excluding carboxylic acids is 1. The summed E-state index contributed by atoms with van der Waals surface area (Å²) in [5, 5.41) is 5.63. The number of piperidine rings is 1. The molecule has 2 heterocycles. The maximum absolute atomic E-state index is 12.6. The van der Waals surface area contributed by atoms with Crippen molar-refractivity contribution in [2.75, 3.05) is 18.1 Å². The topological polar surface area (TPSA) is 79.4 Å². The van der Waals surface area contributed by atoms with Gasteiger partial charge in [0.15, 0.2) is 5.13 Å². The maximum atomic E-state index is 12.6. The van der Waals surface area contributed by atoms with Gasteiger partial charge in [-0.15, -0.1) is 11.3 Å². The van der Waals surface area contributed by atoms with Crippen molar-refractivity contribution in [2.24, 2.45) is 0 Å². The van der Waals surface area contributed by atoms with E-state index in [2.05, 4.69) is 10.3 Å². The van der Waals surface area contributed by atoms with Gasteiger partial charge in [-0.25, -0.2) is 13.4 Å². The minimum absolute atomic E-state index is 0.336. The van der Waals surface area contributed by atoms with Crippen LogP contribution in [0, 0.1) is 0 Å². The molecule has 1 aromatic carbocycles. The highest BCUT2D eigenvalue weighted by molar-refractivity contribution is 7.88. The molecular weight excluding hydrogens is 382 g/mol. The zero-order valence-corrected chi connectivity index (χ0v) is 16.0. The lowest BCUT2D eigenvalue weighted by Gasteiger charge is -2.32. The summed E-state index contributed by atoms with van der Waals surface area (Å²) >= 11 is 7.29. The zero-order valence-electron chi connectivity index (χ0n) is 13.6. The Morgan fingerprint density at radius 3 is 2.92 bits per heavy atom. The van der Waals surface area contributed by atoms with E-state index in [0.717, 1.165) is 24.7 Å².